The van der Waals surface area contributed by atoms with Crippen molar-refractivity contribution in [3.63, 3.8) is 0 Å². The fraction of sp³-hybridized carbons (Fsp3) is 0.154. The molecule has 4 aromatic rings. The summed E-state index contributed by atoms with van der Waals surface area (Å²) in [5.74, 6) is 1.83. The molecule has 7 heteroatoms. The van der Waals surface area contributed by atoms with E-state index in [0.29, 0.717) is 40.7 Å². The molecule has 0 radical (unpaired) electrons. The van der Waals surface area contributed by atoms with Crippen LogP contribution in [0, 0.1) is 5.41 Å². The van der Waals surface area contributed by atoms with Gasteiger partial charge in [0.05, 0.1) is 26.3 Å². The van der Waals surface area contributed by atoms with Gasteiger partial charge in [0.1, 0.15) is 23.3 Å². The third kappa shape index (κ3) is 3.67. The molecule has 1 aromatic heterocycles. The van der Waals surface area contributed by atoms with E-state index in [-0.39, 0.29) is 11.7 Å². The van der Waals surface area contributed by atoms with Crippen LogP contribution in [0.5, 0.6) is 28.9 Å². The maximum Gasteiger partial charge on any atom is 0.228 e. The maximum absolute atomic E-state index is 10.0. The molecule has 0 unspecified atom stereocenters. The first-order chi connectivity index (χ1) is 16.1. The molecule has 0 saturated heterocycles. The minimum absolute atomic E-state index is 0.101. The maximum atomic E-state index is 10.0. The lowest BCUT2D eigenvalue weighted by Gasteiger charge is -2.29. The van der Waals surface area contributed by atoms with Crippen LogP contribution < -0.4 is 19.7 Å². The van der Waals surface area contributed by atoms with E-state index in [2.05, 4.69) is 4.98 Å². The van der Waals surface area contributed by atoms with Crippen molar-refractivity contribution < 1.29 is 19.3 Å². The van der Waals surface area contributed by atoms with Crippen LogP contribution >= 0.6 is 0 Å². The zero-order valence-electron chi connectivity index (χ0n) is 18.3. The molecule has 2 N–H and O–H groups in total. The lowest BCUT2D eigenvalue weighted by atomic mass is 9.83. The van der Waals surface area contributed by atoms with Gasteiger partial charge in [-0.05, 0) is 29.3 Å². The van der Waals surface area contributed by atoms with Crippen LogP contribution in [0.1, 0.15) is 28.2 Å². The number of rotatable bonds is 5. The number of phenols is 1. The molecule has 1 atom stereocenters. The highest BCUT2D eigenvalue weighted by molar-refractivity contribution is 5.59. The van der Waals surface area contributed by atoms with Gasteiger partial charge in [-0.1, -0.05) is 42.5 Å². The minimum atomic E-state index is -0.340. The SMILES string of the molecule is COc1ccc([C@H]2c3ccc(O)cc3Oc3ncn(Cc4ccccc4)c(=N)c32)cc1OC. The van der Waals surface area contributed by atoms with E-state index in [0.717, 1.165) is 16.7 Å². The second kappa shape index (κ2) is 8.35. The quantitative estimate of drug-likeness (QED) is 0.421. The van der Waals surface area contributed by atoms with Crippen molar-refractivity contribution in [2.75, 3.05) is 14.2 Å². The Bertz CT molecular complexity index is 1380. The summed E-state index contributed by atoms with van der Waals surface area (Å²) in [4.78, 5) is 4.54. The Balaban J connectivity index is 1.70. The predicted octanol–water partition coefficient (Wildman–Crippen LogP) is 4.42. The van der Waals surface area contributed by atoms with Crippen molar-refractivity contribution in [3.8, 4) is 28.9 Å². The monoisotopic (exact) mass is 441 g/mol. The van der Waals surface area contributed by atoms with Crippen molar-refractivity contribution >= 4 is 0 Å². The van der Waals surface area contributed by atoms with Gasteiger partial charge in [0.2, 0.25) is 5.88 Å². The number of nitrogens with zero attached hydrogens (tertiary/aromatic N) is 2. The summed E-state index contributed by atoms with van der Waals surface area (Å²) >= 11 is 0. The van der Waals surface area contributed by atoms with E-state index in [1.54, 1.807) is 37.2 Å². The second-order valence-electron chi connectivity index (χ2n) is 7.80. The molecule has 2 heterocycles. The number of fused-ring (bicyclic) bond motifs is 2. The van der Waals surface area contributed by atoms with Crippen LogP contribution in [0.3, 0.4) is 0 Å². The van der Waals surface area contributed by atoms with Crippen molar-refractivity contribution in [2.24, 2.45) is 0 Å². The van der Waals surface area contributed by atoms with Crippen LogP contribution in [0.4, 0.5) is 0 Å². The number of hydrogen-bond donors (Lipinski definition) is 2. The molecule has 1 aliphatic rings. The van der Waals surface area contributed by atoms with E-state index < -0.39 is 0 Å². The molecule has 33 heavy (non-hydrogen) atoms. The highest BCUT2D eigenvalue weighted by atomic mass is 16.5. The van der Waals surface area contributed by atoms with Crippen LogP contribution in [0.15, 0.2) is 73.1 Å². The van der Waals surface area contributed by atoms with Crippen molar-refractivity contribution in [1.29, 1.82) is 5.41 Å². The molecule has 0 aliphatic carbocycles. The number of aromatic nitrogens is 2. The number of nitrogens with one attached hydrogen (secondary N) is 1. The molecule has 166 valence electrons. The van der Waals surface area contributed by atoms with E-state index in [9.17, 15) is 5.11 Å². The first-order valence-electron chi connectivity index (χ1n) is 10.5. The van der Waals surface area contributed by atoms with Gasteiger partial charge in [-0.15, -0.1) is 0 Å². The largest absolute Gasteiger partial charge is 0.508 e. The smallest absolute Gasteiger partial charge is 0.228 e. The first-order valence-corrected chi connectivity index (χ1v) is 10.5. The number of ether oxygens (including phenoxy) is 3. The average molecular weight is 441 g/mol. The lowest BCUT2D eigenvalue weighted by molar-refractivity contribution is 0.354. The van der Waals surface area contributed by atoms with Crippen LogP contribution in [0.25, 0.3) is 0 Å². The Morgan fingerprint density at radius 3 is 2.55 bits per heavy atom. The third-order valence-electron chi connectivity index (χ3n) is 5.83. The Morgan fingerprint density at radius 2 is 1.79 bits per heavy atom. The topological polar surface area (TPSA) is 89.6 Å². The number of aromatic hydroxyl groups is 1. The molecule has 0 saturated carbocycles. The van der Waals surface area contributed by atoms with Gasteiger partial charge in [-0.25, -0.2) is 4.98 Å². The Morgan fingerprint density at radius 1 is 1.00 bits per heavy atom. The number of hydrogen-bond acceptors (Lipinski definition) is 6. The first kappa shape index (κ1) is 20.6. The van der Waals surface area contributed by atoms with E-state index in [4.69, 9.17) is 19.6 Å². The minimum Gasteiger partial charge on any atom is -0.508 e. The number of methoxy groups -OCH3 is 2. The van der Waals surface area contributed by atoms with E-state index >= 15 is 0 Å². The third-order valence-corrected chi connectivity index (χ3v) is 5.83. The van der Waals surface area contributed by atoms with Crippen LogP contribution in [0.2, 0.25) is 0 Å². The molecule has 1 aliphatic heterocycles. The Kier molecular flexibility index (Phi) is 5.22. The summed E-state index contributed by atoms with van der Waals surface area (Å²) in [6.45, 7) is 0.515. The average Bonchev–Trinajstić information content (AvgIpc) is 2.84. The Hall–Kier alpha value is -4.26. The summed E-state index contributed by atoms with van der Waals surface area (Å²) < 4.78 is 18.8. The Labute approximate surface area is 191 Å². The highest BCUT2D eigenvalue weighted by Gasteiger charge is 2.33. The van der Waals surface area contributed by atoms with Crippen molar-refractivity contribution in [1.82, 2.24) is 9.55 Å². The zero-order valence-corrected chi connectivity index (χ0v) is 18.3. The molecule has 0 fully saturated rings. The molecule has 7 nitrogen and oxygen atoms in total. The van der Waals surface area contributed by atoms with Crippen molar-refractivity contribution in [3.05, 3.63) is 101 Å². The molecular weight excluding hydrogens is 418 g/mol. The van der Waals surface area contributed by atoms with E-state index in [1.807, 2.05) is 54.6 Å². The van der Waals surface area contributed by atoms with Gasteiger partial charge in [0.25, 0.3) is 0 Å². The van der Waals surface area contributed by atoms with Gasteiger partial charge < -0.3 is 23.9 Å². The van der Waals surface area contributed by atoms with Crippen LogP contribution in [-0.2, 0) is 6.54 Å². The number of benzene rings is 3. The summed E-state index contributed by atoms with van der Waals surface area (Å²) in [5, 5.41) is 19.1. The second-order valence-corrected chi connectivity index (χ2v) is 7.80. The van der Waals surface area contributed by atoms with Crippen molar-refractivity contribution in [2.45, 2.75) is 12.5 Å². The van der Waals surface area contributed by atoms with Gasteiger partial charge in [-0.2, -0.15) is 0 Å². The standard InChI is InChI=1S/C26H23N3O4/c1-31-20-11-8-17(12-22(20)32-2)23-19-10-9-18(30)13-21(19)33-26-24(23)25(27)29(15-28-26)14-16-6-4-3-5-7-16/h3-13,15,23,27,30H,14H2,1-2H3/t23-/m0/s1. The zero-order chi connectivity index (χ0) is 22.9. The molecule has 3 aromatic carbocycles. The molecular formula is C26H23N3O4. The summed E-state index contributed by atoms with van der Waals surface area (Å²) in [6, 6.07) is 20.7. The molecule has 0 spiro atoms. The summed E-state index contributed by atoms with van der Waals surface area (Å²) in [7, 11) is 3.19. The molecule has 0 bridgehead atoms. The van der Waals surface area contributed by atoms with Gasteiger partial charge in [0.15, 0.2) is 11.5 Å². The molecule has 0 amide bonds. The normalized spacial score (nSPS) is 14.1. The summed E-state index contributed by atoms with van der Waals surface area (Å²) in [6.07, 6.45) is 1.62. The fourth-order valence-corrected chi connectivity index (χ4v) is 4.24. The van der Waals surface area contributed by atoms with Crippen LogP contribution in [-0.4, -0.2) is 28.9 Å². The molecule has 5 rings (SSSR count). The van der Waals surface area contributed by atoms with Gasteiger partial charge >= 0.3 is 0 Å². The highest BCUT2D eigenvalue weighted by Crippen LogP contribution is 2.47. The van der Waals surface area contributed by atoms with Gasteiger partial charge in [0, 0.05) is 17.5 Å². The van der Waals surface area contributed by atoms with E-state index in [1.165, 1.54) is 0 Å². The van der Waals surface area contributed by atoms with Gasteiger partial charge in [-0.3, -0.25) is 5.41 Å². The lowest BCUT2D eigenvalue weighted by Crippen LogP contribution is -2.30. The summed E-state index contributed by atoms with van der Waals surface area (Å²) in [5.41, 5.74) is 3.76. The fourth-order valence-electron chi connectivity index (χ4n) is 4.24. The predicted molar refractivity (Wildman–Crippen MR) is 122 cm³/mol. The number of phenolic OH excluding ortho intramolecular Hbond substituents is 1.